The van der Waals surface area contributed by atoms with E-state index in [9.17, 15) is 4.79 Å². The number of ether oxygens (including phenoxy) is 2. The molecule has 0 saturated heterocycles. The first-order valence-corrected chi connectivity index (χ1v) is 7.52. The van der Waals surface area contributed by atoms with E-state index in [1.165, 1.54) is 0 Å². The molecule has 0 atom stereocenters. The van der Waals surface area contributed by atoms with E-state index in [2.05, 4.69) is 5.32 Å². The Labute approximate surface area is 133 Å². The second-order valence-electron chi connectivity index (χ2n) is 5.61. The molecule has 0 aromatic heterocycles. The van der Waals surface area contributed by atoms with Crippen LogP contribution >= 0.6 is 11.6 Å². The first kappa shape index (κ1) is 13.5. The maximum Gasteiger partial charge on any atom is 0.235 e. The second-order valence-corrected chi connectivity index (χ2v) is 6.05. The molecule has 5 heteroatoms. The number of nitrogens with one attached hydrogen (secondary N) is 1. The Balaban J connectivity index is 1.57. The van der Waals surface area contributed by atoms with Gasteiger partial charge in [-0.3, -0.25) is 4.79 Å². The molecule has 1 aliphatic carbocycles. The number of amides is 1. The highest BCUT2D eigenvalue weighted by molar-refractivity contribution is 6.30. The average molecular weight is 316 g/mol. The van der Waals surface area contributed by atoms with Crippen molar-refractivity contribution < 1.29 is 14.3 Å². The minimum atomic E-state index is -0.457. The first-order valence-electron chi connectivity index (χ1n) is 7.15. The quantitative estimate of drug-likeness (QED) is 0.938. The molecule has 1 aliphatic heterocycles. The lowest BCUT2D eigenvalue weighted by atomic mass is 9.95. The Kier molecular flexibility index (Phi) is 3.01. The first-order chi connectivity index (χ1) is 10.7. The van der Waals surface area contributed by atoms with E-state index in [0.717, 1.165) is 18.4 Å². The van der Waals surface area contributed by atoms with Gasteiger partial charge >= 0.3 is 0 Å². The average Bonchev–Trinajstić information content (AvgIpc) is 3.20. The molecule has 2 aromatic rings. The summed E-state index contributed by atoms with van der Waals surface area (Å²) in [5, 5.41) is 3.63. The summed E-state index contributed by atoms with van der Waals surface area (Å²) in [4.78, 5) is 12.7. The molecule has 0 bridgehead atoms. The van der Waals surface area contributed by atoms with Crippen molar-refractivity contribution in [3.63, 3.8) is 0 Å². The largest absolute Gasteiger partial charge is 0.454 e. The van der Waals surface area contributed by atoms with Gasteiger partial charge in [-0.15, -0.1) is 0 Å². The van der Waals surface area contributed by atoms with Crippen LogP contribution in [0, 0.1) is 0 Å². The van der Waals surface area contributed by atoms with Crippen LogP contribution in [-0.4, -0.2) is 12.7 Å². The predicted molar refractivity (Wildman–Crippen MR) is 83.6 cm³/mol. The van der Waals surface area contributed by atoms with Crippen molar-refractivity contribution in [1.29, 1.82) is 0 Å². The molecule has 2 aromatic carbocycles. The van der Waals surface area contributed by atoms with Gasteiger partial charge in [-0.2, -0.15) is 0 Å². The Bertz CT molecular complexity index is 755. The zero-order chi connectivity index (χ0) is 15.2. The molecule has 0 radical (unpaired) electrons. The fourth-order valence-electron chi connectivity index (χ4n) is 2.78. The number of carbonyl (C=O) groups excluding carboxylic acids is 1. The molecular formula is C17H14ClNO3. The number of benzene rings is 2. The Hall–Kier alpha value is -2.20. The Morgan fingerprint density at radius 1 is 1.09 bits per heavy atom. The summed E-state index contributed by atoms with van der Waals surface area (Å²) >= 11 is 6.05. The number of halogens is 1. The molecule has 112 valence electrons. The van der Waals surface area contributed by atoms with Gasteiger partial charge in [0.15, 0.2) is 11.5 Å². The predicted octanol–water partition coefficient (Wildman–Crippen LogP) is 3.74. The van der Waals surface area contributed by atoms with Crippen LogP contribution < -0.4 is 14.8 Å². The van der Waals surface area contributed by atoms with Crippen molar-refractivity contribution in [2.24, 2.45) is 0 Å². The van der Waals surface area contributed by atoms with Crippen molar-refractivity contribution in [1.82, 2.24) is 0 Å². The molecule has 0 unspecified atom stereocenters. The Morgan fingerprint density at radius 2 is 1.91 bits per heavy atom. The SMILES string of the molecule is O=C(Nc1ccc2c(c1)OCO2)C1(c2cccc(Cl)c2)CC1. The number of hydrogen-bond donors (Lipinski definition) is 1. The molecule has 1 amide bonds. The van der Waals surface area contributed by atoms with E-state index in [4.69, 9.17) is 21.1 Å². The van der Waals surface area contributed by atoms with Gasteiger partial charge in [0.2, 0.25) is 12.7 Å². The Morgan fingerprint density at radius 3 is 2.68 bits per heavy atom. The third kappa shape index (κ3) is 2.20. The van der Waals surface area contributed by atoms with E-state index >= 15 is 0 Å². The molecule has 1 N–H and O–H groups in total. The van der Waals surface area contributed by atoms with Gasteiger partial charge in [-0.25, -0.2) is 0 Å². The highest BCUT2D eigenvalue weighted by atomic mass is 35.5. The van der Waals surface area contributed by atoms with Crippen molar-refractivity contribution in [2.75, 3.05) is 12.1 Å². The van der Waals surface area contributed by atoms with E-state index < -0.39 is 5.41 Å². The van der Waals surface area contributed by atoms with Crippen LogP contribution in [0.1, 0.15) is 18.4 Å². The lowest BCUT2D eigenvalue weighted by Crippen LogP contribution is -2.27. The molecule has 1 heterocycles. The molecule has 22 heavy (non-hydrogen) atoms. The van der Waals surface area contributed by atoms with Gasteiger partial charge in [-0.05, 0) is 42.7 Å². The van der Waals surface area contributed by atoms with Crippen LogP contribution in [0.5, 0.6) is 11.5 Å². The van der Waals surface area contributed by atoms with Crippen LogP contribution in [0.4, 0.5) is 5.69 Å². The normalized spacial score (nSPS) is 17.1. The van der Waals surface area contributed by atoms with Crippen LogP contribution in [0.25, 0.3) is 0 Å². The van der Waals surface area contributed by atoms with E-state index in [1.807, 2.05) is 30.3 Å². The summed E-state index contributed by atoms with van der Waals surface area (Å²) in [5.41, 5.74) is 1.22. The molecule has 4 nitrogen and oxygen atoms in total. The number of anilines is 1. The summed E-state index contributed by atoms with van der Waals surface area (Å²) in [7, 11) is 0. The third-order valence-corrected chi connectivity index (χ3v) is 4.43. The molecule has 1 fully saturated rings. The standard InChI is InChI=1S/C17H14ClNO3/c18-12-3-1-2-11(8-12)17(6-7-17)16(20)19-13-4-5-14-15(9-13)22-10-21-14/h1-5,8-9H,6-7,10H2,(H,19,20). The minimum absolute atomic E-state index is 0.00590. The lowest BCUT2D eigenvalue weighted by Gasteiger charge is -2.16. The van der Waals surface area contributed by atoms with E-state index in [-0.39, 0.29) is 12.7 Å². The highest BCUT2D eigenvalue weighted by Crippen LogP contribution is 2.49. The van der Waals surface area contributed by atoms with E-state index in [0.29, 0.717) is 22.2 Å². The van der Waals surface area contributed by atoms with Gasteiger partial charge in [0.1, 0.15) is 0 Å². The maximum atomic E-state index is 12.7. The van der Waals surface area contributed by atoms with Crippen molar-refractivity contribution >= 4 is 23.2 Å². The zero-order valence-electron chi connectivity index (χ0n) is 11.8. The molecule has 4 rings (SSSR count). The van der Waals surface area contributed by atoms with Crippen LogP contribution in [0.15, 0.2) is 42.5 Å². The number of hydrogen-bond acceptors (Lipinski definition) is 3. The van der Waals surface area contributed by atoms with Gasteiger partial charge in [0.25, 0.3) is 0 Å². The van der Waals surface area contributed by atoms with Crippen LogP contribution in [0.3, 0.4) is 0 Å². The van der Waals surface area contributed by atoms with Crippen molar-refractivity contribution in [2.45, 2.75) is 18.3 Å². The highest BCUT2D eigenvalue weighted by Gasteiger charge is 2.51. The summed E-state index contributed by atoms with van der Waals surface area (Å²) in [6, 6.07) is 12.9. The van der Waals surface area contributed by atoms with Crippen molar-refractivity contribution in [3.05, 3.63) is 53.1 Å². The second kappa shape index (κ2) is 4.92. The van der Waals surface area contributed by atoms with Crippen LogP contribution in [0.2, 0.25) is 5.02 Å². The minimum Gasteiger partial charge on any atom is -0.454 e. The summed E-state index contributed by atoms with van der Waals surface area (Å²) in [6.45, 7) is 0.221. The van der Waals surface area contributed by atoms with Crippen LogP contribution in [-0.2, 0) is 10.2 Å². The summed E-state index contributed by atoms with van der Waals surface area (Å²) < 4.78 is 10.6. The van der Waals surface area contributed by atoms with Gasteiger partial charge in [0, 0.05) is 16.8 Å². The van der Waals surface area contributed by atoms with Gasteiger partial charge in [0.05, 0.1) is 5.41 Å². The molecule has 1 saturated carbocycles. The third-order valence-electron chi connectivity index (χ3n) is 4.19. The molecular weight excluding hydrogens is 302 g/mol. The smallest absolute Gasteiger partial charge is 0.235 e. The number of carbonyl (C=O) groups is 1. The fourth-order valence-corrected chi connectivity index (χ4v) is 2.97. The molecule has 2 aliphatic rings. The molecule has 0 spiro atoms. The van der Waals surface area contributed by atoms with Gasteiger partial charge < -0.3 is 14.8 Å². The van der Waals surface area contributed by atoms with Crippen molar-refractivity contribution in [3.8, 4) is 11.5 Å². The number of fused-ring (bicyclic) bond motifs is 1. The zero-order valence-corrected chi connectivity index (χ0v) is 12.5. The number of rotatable bonds is 3. The monoisotopic (exact) mass is 315 g/mol. The topological polar surface area (TPSA) is 47.6 Å². The van der Waals surface area contributed by atoms with E-state index in [1.54, 1.807) is 12.1 Å². The van der Waals surface area contributed by atoms with Gasteiger partial charge in [-0.1, -0.05) is 23.7 Å². The fraction of sp³-hybridized carbons (Fsp3) is 0.235. The summed E-state index contributed by atoms with van der Waals surface area (Å²) in [6.07, 6.45) is 1.67. The lowest BCUT2D eigenvalue weighted by molar-refractivity contribution is -0.118. The maximum absolute atomic E-state index is 12.7. The summed E-state index contributed by atoms with van der Waals surface area (Å²) in [5.74, 6) is 1.35.